The number of H-pyrrole nitrogens is 2. The van der Waals surface area contributed by atoms with Crippen molar-refractivity contribution in [1.82, 2.24) is 19.9 Å². The van der Waals surface area contributed by atoms with Crippen LogP contribution in [0.2, 0.25) is 5.02 Å². The number of aromatic nitrogens is 4. The average molecular weight is 399 g/mol. The van der Waals surface area contributed by atoms with Crippen molar-refractivity contribution in [2.24, 2.45) is 5.73 Å². The van der Waals surface area contributed by atoms with Crippen LogP contribution in [0.1, 0.15) is 21.0 Å². The van der Waals surface area contributed by atoms with Crippen molar-refractivity contribution in [2.45, 2.75) is 0 Å². The molecule has 0 spiro atoms. The first-order valence-corrected chi connectivity index (χ1v) is 8.41. The largest absolute Gasteiger partial charge is 0.364 e. The van der Waals surface area contributed by atoms with Crippen LogP contribution in [0.3, 0.4) is 0 Å². The van der Waals surface area contributed by atoms with Gasteiger partial charge < -0.3 is 15.7 Å². The highest BCUT2D eigenvalue weighted by atomic mass is 35.5. The van der Waals surface area contributed by atoms with Gasteiger partial charge >= 0.3 is 0 Å². The standard InChI is InChI=1S/C18H12ClFN6O2/c19-9-4-3-5-10(20)15(9)26(17(28)14-13(16(21)27)22-8-23-14)18-24-11-6-1-2-7-12(11)25-18/h1-8H,(H2,21,27)(H,22,23)(H,24,25). The lowest BCUT2D eigenvalue weighted by Crippen LogP contribution is -2.30. The van der Waals surface area contributed by atoms with Gasteiger partial charge in [0, 0.05) is 0 Å². The first-order chi connectivity index (χ1) is 13.5. The number of halogens is 2. The van der Waals surface area contributed by atoms with Gasteiger partial charge in [0.05, 0.1) is 22.4 Å². The van der Waals surface area contributed by atoms with Crippen molar-refractivity contribution in [3.05, 3.63) is 71.0 Å². The van der Waals surface area contributed by atoms with E-state index in [4.69, 9.17) is 17.3 Å². The third-order valence-electron chi connectivity index (χ3n) is 4.04. The van der Waals surface area contributed by atoms with Gasteiger partial charge in [0.15, 0.2) is 5.69 Å². The molecule has 0 bridgehead atoms. The Morgan fingerprint density at radius 1 is 1.14 bits per heavy atom. The summed E-state index contributed by atoms with van der Waals surface area (Å²) in [6, 6.07) is 11.0. The Balaban J connectivity index is 1.95. The molecule has 0 radical (unpaired) electrons. The average Bonchev–Trinajstić information content (AvgIpc) is 3.31. The molecule has 2 heterocycles. The molecule has 140 valence electrons. The van der Waals surface area contributed by atoms with Crippen LogP contribution in [-0.2, 0) is 0 Å². The lowest BCUT2D eigenvalue weighted by atomic mass is 10.2. The van der Waals surface area contributed by atoms with Gasteiger partial charge in [0.1, 0.15) is 17.2 Å². The molecular formula is C18H12ClFN6O2. The Hall–Kier alpha value is -3.72. The topological polar surface area (TPSA) is 121 Å². The SMILES string of the molecule is NC(=O)c1[nH]cnc1C(=O)N(c1nc2ccccc2[nH]1)c1c(F)cccc1Cl. The number of carbonyl (C=O) groups excluding carboxylic acids is 2. The van der Waals surface area contributed by atoms with E-state index in [1.165, 1.54) is 12.1 Å². The van der Waals surface area contributed by atoms with Gasteiger partial charge in [-0.15, -0.1) is 0 Å². The maximum Gasteiger partial charge on any atom is 0.286 e. The Kier molecular flexibility index (Phi) is 4.28. The predicted octanol–water partition coefficient (Wildman–Crippen LogP) is 3.16. The van der Waals surface area contributed by atoms with Crippen LogP contribution in [0.25, 0.3) is 11.0 Å². The molecule has 4 rings (SSSR count). The Morgan fingerprint density at radius 2 is 1.93 bits per heavy atom. The highest BCUT2D eigenvalue weighted by Gasteiger charge is 2.31. The molecule has 4 aromatic rings. The minimum Gasteiger partial charge on any atom is -0.364 e. The van der Waals surface area contributed by atoms with Crippen LogP contribution in [0.15, 0.2) is 48.8 Å². The van der Waals surface area contributed by atoms with E-state index in [2.05, 4.69) is 19.9 Å². The quantitative estimate of drug-likeness (QED) is 0.489. The summed E-state index contributed by atoms with van der Waals surface area (Å²) in [5.41, 5.74) is 5.75. The van der Waals surface area contributed by atoms with E-state index in [1.54, 1.807) is 24.3 Å². The summed E-state index contributed by atoms with van der Waals surface area (Å²) in [7, 11) is 0. The Labute approximate surface area is 162 Å². The second kappa shape index (κ2) is 6.78. The number of benzene rings is 2. The highest BCUT2D eigenvalue weighted by molar-refractivity contribution is 6.34. The Bertz CT molecular complexity index is 1160. The molecule has 0 aliphatic heterocycles. The molecule has 10 heteroatoms. The maximum absolute atomic E-state index is 14.7. The molecule has 4 N–H and O–H groups in total. The molecule has 2 aromatic carbocycles. The molecule has 28 heavy (non-hydrogen) atoms. The zero-order chi connectivity index (χ0) is 19.8. The van der Waals surface area contributed by atoms with Gasteiger partial charge in [-0.2, -0.15) is 0 Å². The van der Waals surface area contributed by atoms with E-state index in [9.17, 15) is 14.0 Å². The van der Waals surface area contributed by atoms with E-state index >= 15 is 0 Å². The summed E-state index contributed by atoms with van der Waals surface area (Å²) in [6.07, 6.45) is 1.15. The molecule has 0 saturated carbocycles. The first-order valence-electron chi connectivity index (χ1n) is 8.03. The molecule has 0 aliphatic rings. The molecule has 8 nitrogen and oxygen atoms in total. The summed E-state index contributed by atoms with van der Waals surface area (Å²) in [6.45, 7) is 0. The lowest BCUT2D eigenvalue weighted by Gasteiger charge is -2.21. The third kappa shape index (κ3) is 2.87. The Morgan fingerprint density at radius 3 is 2.64 bits per heavy atom. The number of amides is 2. The third-order valence-corrected chi connectivity index (χ3v) is 4.35. The fraction of sp³-hybridized carbons (Fsp3) is 0. The monoisotopic (exact) mass is 398 g/mol. The molecule has 0 fully saturated rings. The predicted molar refractivity (Wildman–Crippen MR) is 101 cm³/mol. The number of rotatable bonds is 4. The normalized spacial score (nSPS) is 10.9. The number of fused-ring (bicyclic) bond motifs is 1. The zero-order valence-corrected chi connectivity index (χ0v) is 14.9. The van der Waals surface area contributed by atoms with Crippen molar-refractivity contribution in [1.29, 1.82) is 0 Å². The van der Waals surface area contributed by atoms with Crippen molar-refractivity contribution >= 4 is 46.1 Å². The molecule has 0 saturated heterocycles. The van der Waals surface area contributed by atoms with E-state index < -0.39 is 17.6 Å². The van der Waals surface area contributed by atoms with Crippen LogP contribution in [-0.4, -0.2) is 31.8 Å². The van der Waals surface area contributed by atoms with Gasteiger partial charge in [0.2, 0.25) is 5.95 Å². The second-order valence-electron chi connectivity index (χ2n) is 5.78. The molecule has 2 aromatic heterocycles. The van der Waals surface area contributed by atoms with Gasteiger partial charge in [-0.3, -0.25) is 9.59 Å². The number of imidazole rings is 2. The highest BCUT2D eigenvalue weighted by Crippen LogP contribution is 2.35. The number of carbonyl (C=O) groups is 2. The van der Waals surface area contributed by atoms with Crippen LogP contribution in [0.5, 0.6) is 0 Å². The minimum absolute atomic E-state index is 0.0108. The summed E-state index contributed by atoms with van der Waals surface area (Å²) < 4.78 is 14.7. The molecule has 0 unspecified atom stereocenters. The van der Waals surface area contributed by atoms with Crippen molar-refractivity contribution in [3.63, 3.8) is 0 Å². The van der Waals surface area contributed by atoms with Crippen molar-refractivity contribution in [2.75, 3.05) is 4.90 Å². The lowest BCUT2D eigenvalue weighted by molar-refractivity contribution is 0.0961. The van der Waals surface area contributed by atoms with E-state index in [1.807, 2.05) is 0 Å². The number of nitrogens with two attached hydrogens (primary N) is 1. The summed E-state index contributed by atoms with van der Waals surface area (Å²) in [4.78, 5) is 39.5. The van der Waals surface area contributed by atoms with E-state index in [-0.39, 0.29) is 28.0 Å². The van der Waals surface area contributed by atoms with E-state index in [0.29, 0.717) is 11.0 Å². The molecule has 2 amide bonds. The molecular weight excluding hydrogens is 387 g/mol. The maximum atomic E-state index is 14.7. The van der Waals surface area contributed by atoms with Crippen LogP contribution >= 0.6 is 11.6 Å². The van der Waals surface area contributed by atoms with Gasteiger partial charge in [-0.1, -0.05) is 29.8 Å². The first kappa shape index (κ1) is 17.7. The van der Waals surface area contributed by atoms with E-state index in [0.717, 1.165) is 17.3 Å². The fourth-order valence-corrected chi connectivity index (χ4v) is 3.05. The number of para-hydroxylation sites is 3. The minimum atomic E-state index is -0.884. The number of nitrogens with zero attached hydrogens (tertiary/aromatic N) is 3. The van der Waals surface area contributed by atoms with Gasteiger partial charge in [-0.05, 0) is 24.3 Å². The molecule has 0 aliphatic carbocycles. The smallest absolute Gasteiger partial charge is 0.286 e. The number of hydrogen-bond donors (Lipinski definition) is 3. The van der Waals surface area contributed by atoms with Gasteiger partial charge in [0.25, 0.3) is 11.8 Å². The van der Waals surface area contributed by atoms with Crippen LogP contribution in [0.4, 0.5) is 16.0 Å². The summed E-state index contributed by atoms with van der Waals surface area (Å²) in [5.74, 6) is -2.46. The molecule has 0 atom stereocenters. The number of aromatic amines is 2. The summed E-state index contributed by atoms with van der Waals surface area (Å²) in [5, 5.41) is -0.0232. The van der Waals surface area contributed by atoms with Gasteiger partial charge in [-0.25, -0.2) is 19.3 Å². The summed E-state index contributed by atoms with van der Waals surface area (Å²) >= 11 is 6.19. The van der Waals surface area contributed by atoms with Crippen molar-refractivity contribution in [3.8, 4) is 0 Å². The number of anilines is 2. The number of nitrogens with one attached hydrogen (secondary N) is 2. The fourth-order valence-electron chi connectivity index (χ4n) is 2.80. The zero-order valence-electron chi connectivity index (χ0n) is 14.1. The number of primary amides is 1. The van der Waals surface area contributed by atoms with Crippen molar-refractivity contribution < 1.29 is 14.0 Å². The number of hydrogen-bond acceptors (Lipinski definition) is 4. The second-order valence-corrected chi connectivity index (χ2v) is 6.19. The van der Waals surface area contributed by atoms with Crippen LogP contribution < -0.4 is 10.6 Å². The van der Waals surface area contributed by atoms with Crippen LogP contribution in [0, 0.1) is 5.82 Å².